The number of nitrogens with zero attached hydrogens (tertiary/aromatic N) is 2. The van der Waals surface area contributed by atoms with Crippen LogP contribution in [0.3, 0.4) is 0 Å². The van der Waals surface area contributed by atoms with E-state index in [4.69, 9.17) is 9.97 Å². The first kappa shape index (κ1) is 28.4. The van der Waals surface area contributed by atoms with Crippen molar-refractivity contribution in [2.24, 2.45) is 0 Å². The number of hydrogen-bond acceptors (Lipinski definition) is 2. The molecule has 0 amide bonds. The lowest BCUT2D eigenvalue weighted by Crippen LogP contribution is -1.93. The first-order chi connectivity index (χ1) is 24.8. The van der Waals surface area contributed by atoms with Gasteiger partial charge in [0.25, 0.3) is 0 Å². The standard InChI is InChI=1S/C48H30N2/c1-2-11-31(12-3-1)32-22-24-33(25-23-32)45-40-14-4-6-16-42(40)46(43-17-7-5-15-41(43)45)39-21-9-18-36-37(39)19-8-20-38(36)44-29-28-35-27-26-34-13-10-30-49-47(34)48(35)50-44/h1-30H. The molecule has 0 fully saturated rings. The van der Waals surface area contributed by atoms with Crippen LogP contribution in [0.15, 0.2) is 182 Å². The largest absolute Gasteiger partial charge is 0.254 e. The molecule has 0 aliphatic rings. The van der Waals surface area contributed by atoms with E-state index in [1.165, 1.54) is 65.7 Å². The maximum Gasteiger partial charge on any atom is 0.0972 e. The molecule has 0 bridgehead atoms. The Balaban J connectivity index is 1.20. The van der Waals surface area contributed by atoms with E-state index in [1.807, 2.05) is 12.3 Å². The molecule has 50 heavy (non-hydrogen) atoms. The summed E-state index contributed by atoms with van der Waals surface area (Å²) in [6.07, 6.45) is 1.85. The molecule has 10 rings (SSSR count). The smallest absolute Gasteiger partial charge is 0.0972 e. The monoisotopic (exact) mass is 634 g/mol. The number of benzene rings is 8. The number of hydrogen-bond donors (Lipinski definition) is 0. The second kappa shape index (κ2) is 11.5. The van der Waals surface area contributed by atoms with Gasteiger partial charge in [-0.3, -0.25) is 4.98 Å². The molecule has 232 valence electrons. The Kier molecular flexibility index (Phi) is 6.53. The first-order valence-corrected chi connectivity index (χ1v) is 17.1. The summed E-state index contributed by atoms with van der Waals surface area (Å²) in [6, 6.07) is 63.3. The van der Waals surface area contributed by atoms with Crippen molar-refractivity contribution in [3.63, 3.8) is 0 Å². The molecule has 0 aliphatic carbocycles. The van der Waals surface area contributed by atoms with Crippen molar-refractivity contribution in [1.82, 2.24) is 9.97 Å². The van der Waals surface area contributed by atoms with Crippen molar-refractivity contribution in [1.29, 1.82) is 0 Å². The number of fused-ring (bicyclic) bond motifs is 6. The van der Waals surface area contributed by atoms with Gasteiger partial charge in [-0.05, 0) is 77.8 Å². The van der Waals surface area contributed by atoms with Crippen molar-refractivity contribution in [2.45, 2.75) is 0 Å². The minimum absolute atomic E-state index is 0.929. The van der Waals surface area contributed by atoms with E-state index in [0.717, 1.165) is 33.1 Å². The van der Waals surface area contributed by atoms with Crippen LogP contribution in [0, 0.1) is 0 Å². The molecule has 0 radical (unpaired) electrons. The van der Waals surface area contributed by atoms with E-state index in [-0.39, 0.29) is 0 Å². The number of pyridine rings is 2. The zero-order valence-electron chi connectivity index (χ0n) is 27.2. The summed E-state index contributed by atoms with van der Waals surface area (Å²) in [5.41, 5.74) is 11.3. The molecule has 0 N–H and O–H groups in total. The Morgan fingerprint density at radius 3 is 1.52 bits per heavy atom. The highest BCUT2D eigenvalue weighted by molar-refractivity contribution is 6.24. The van der Waals surface area contributed by atoms with Gasteiger partial charge in [0.15, 0.2) is 0 Å². The quantitative estimate of drug-likeness (QED) is 0.142. The predicted molar refractivity (Wildman–Crippen MR) is 211 cm³/mol. The lowest BCUT2D eigenvalue weighted by atomic mass is 9.84. The molecule has 2 heterocycles. The van der Waals surface area contributed by atoms with Crippen LogP contribution in [-0.4, -0.2) is 9.97 Å². The van der Waals surface area contributed by atoms with Crippen LogP contribution in [0.5, 0.6) is 0 Å². The third kappa shape index (κ3) is 4.50. The average molecular weight is 635 g/mol. The van der Waals surface area contributed by atoms with Gasteiger partial charge in [0.05, 0.1) is 16.7 Å². The maximum atomic E-state index is 5.23. The topological polar surface area (TPSA) is 25.8 Å². The van der Waals surface area contributed by atoms with E-state index in [2.05, 4.69) is 170 Å². The first-order valence-electron chi connectivity index (χ1n) is 17.1. The highest BCUT2D eigenvalue weighted by Gasteiger charge is 2.19. The summed E-state index contributed by atoms with van der Waals surface area (Å²) in [6.45, 7) is 0. The van der Waals surface area contributed by atoms with Crippen LogP contribution >= 0.6 is 0 Å². The molecule has 2 heteroatoms. The maximum absolute atomic E-state index is 5.23. The van der Waals surface area contributed by atoms with Gasteiger partial charge in [-0.2, -0.15) is 0 Å². The van der Waals surface area contributed by atoms with E-state index in [9.17, 15) is 0 Å². The van der Waals surface area contributed by atoms with Gasteiger partial charge in [-0.1, -0.05) is 164 Å². The normalized spacial score (nSPS) is 11.6. The van der Waals surface area contributed by atoms with Gasteiger partial charge in [0, 0.05) is 22.5 Å². The molecule has 0 saturated heterocycles. The van der Waals surface area contributed by atoms with Crippen molar-refractivity contribution in [2.75, 3.05) is 0 Å². The minimum Gasteiger partial charge on any atom is -0.254 e. The van der Waals surface area contributed by atoms with Gasteiger partial charge in [0.1, 0.15) is 0 Å². The Morgan fingerprint density at radius 2 is 0.820 bits per heavy atom. The summed E-state index contributed by atoms with van der Waals surface area (Å²) < 4.78 is 0. The van der Waals surface area contributed by atoms with Crippen molar-refractivity contribution in [3.05, 3.63) is 182 Å². The molecule has 0 unspecified atom stereocenters. The fourth-order valence-corrected chi connectivity index (χ4v) is 7.81. The summed E-state index contributed by atoms with van der Waals surface area (Å²) in [5, 5.41) is 9.56. The van der Waals surface area contributed by atoms with Crippen molar-refractivity contribution in [3.8, 4) is 44.6 Å². The summed E-state index contributed by atoms with van der Waals surface area (Å²) in [4.78, 5) is 9.94. The average Bonchev–Trinajstić information content (AvgIpc) is 3.19. The zero-order chi connectivity index (χ0) is 33.0. The van der Waals surface area contributed by atoms with Gasteiger partial charge < -0.3 is 0 Å². The Labute approximate surface area is 290 Å². The SMILES string of the molecule is c1ccc(-c2ccc(-c3c4ccccc4c(-c4cccc5c(-c6ccc7ccc8cccnc8c7n6)cccc45)c4ccccc34)cc2)cc1. The Bertz CT molecular complexity index is 2850. The van der Waals surface area contributed by atoms with Gasteiger partial charge in [-0.15, -0.1) is 0 Å². The van der Waals surface area contributed by atoms with E-state index in [0.29, 0.717) is 0 Å². The molecule has 0 atom stereocenters. The summed E-state index contributed by atoms with van der Waals surface area (Å²) in [7, 11) is 0. The fraction of sp³-hybridized carbons (Fsp3) is 0. The summed E-state index contributed by atoms with van der Waals surface area (Å²) in [5.74, 6) is 0. The molecule has 10 aromatic rings. The summed E-state index contributed by atoms with van der Waals surface area (Å²) >= 11 is 0. The lowest BCUT2D eigenvalue weighted by molar-refractivity contribution is 1.37. The van der Waals surface area contributed by atoms with E-state index in [1.54, 1.807) is 0 Å². The molecule has 0 aliphatic heterocycles. The lowest BCUT2D eigenvalue weighted by Gasteiger charge is -2.19. The third-order valence-corrected chi connectivity index (χ3v) is 10.1. The Morgan fingerprint density at radius 1 is 0.300 bits per heavy atom. The molecule has 2 nitrogen and oxygen atoms in total. The molecule has 0 saturated carbocycles. The van der Waals surface area contributed by atoms with Crippen LogP contribution in [-0.2, 0) is 0 Å². The van der Waals surface area contributed by atoms with Gasteiger partial charge in [-0.25, -0.2) is 4.98 Å². The zero-order valence-corrected chi connectivity index (χ0v) is 27.2. The van der Waals surface area contributed by atoms with Crippen LogP contribution in [0.25, 0.3) is 98.8 Å². The van der Waals surface area contributed by atoms with Gasteiger partial charge in [0.2, 0.25) is 0 Å². The Hall–Kier alpha value is -6.64. The highest BCUT2D eigenvalue weighted by Crippen LogP contribution is 2.46. The van der Waals surface area contributed by atoms with Crippen LogP contribution < -0.4 is 0 Å². The molecule has 0 spiro atoms. The second-order valence-corrected chi connectivity index (χ2v) is 12.9. The van der Waals surface area contributed by atoms with Crippen molar-refractivity contribution >= 4 is 54.1 Å². The fourth-order valence-electron chi connectivity index (χ4n) is 7.81. The van der Waals surface area contributed by atoms with Crippen LogP contribution in [0.4, 0.5) is 0 Å². The van der Waals surface area contributed by atoms with Crippen LogP contribution in [0.2, 0.25) is 0 Å². The minimum atomic E-state index is 0.929. The van der Waals surface area contributed by atoms with E-state index >= 15 is 0 Å². The predicted octanol–water partition coefficient (Wildman–Crippen LogP) is 12.9. The van der Waals surface area contributed by atoms with E-state index < -0.39 is 0 Å². The second-order valence-electron chi connectivity index (χ2n) is 12.9. The van der Waals surface area contributed by atoms with Gasteiger partial charge >= 0.3 is 0 Å². The van der Waals surface area contributed by atoms with Crippen LogP contribution in [0.1, 0.15) is 0 Å². The molecule has 2 aromatic heterocycles. The highest BCUT2D eigenvalue weighted by atomic mass is 14.8. The number of rotatable bonds is 4. The molecule has 8 aromatic carbocycles. The molecular formula is C48H30N2. The molecular weight excluding hydrogens is 605 g/mol. The third-order valence-electron chi connectivity index (χ3n) is 10.1. The number of aromatic nitrogens is 2. The van der Waals surface area contributed by atoms with Crippen molar-refractivity contribution < 1.29 is 0 Å².